The van der Waals surface area contributed by atoms with E-state index < -0.39 is 18.2 Å². The number of amides is 1. The molecule has 0 aliphatic rings. The summed E-state index contributed by atoms with van der Waals surface area (Å²) in [5.41, 5.74) is 1.23. The van der Waals surface area contributed by atoms with Gasteiger partial charge in [-0.1, -0.05) is 24.3 Å². The normalized spacial score (nSPS) is 11.2. The van der Waals surface area contributed by atoms with Crippen LogP contribution in [-0.2, 0) is 20.9 Å². The molecule has 2 rings (SSSR count). The molecule has 0 saturated carbocycles. The first-order chi connectivity index (χ1) is 14.2. The van der Waals surface area contributed by atoms with Gasteiger partial charge < -0.3 is 19.5 Å². The Balaban J connectivity index is 1.84. The molecule has 9 heteroatoms. The third-order valence-electron chi connectivity index (χ3n) is 3.56. The molecular formula is C21H20F3NO5. The van der Waals surface area contributed by atoms with Gasteiger partial charge in [-0.05, 0) is 48.4 Å². The van der Waals surface area contributed by atoms with Crippen LogP contribution >= 0.6 is 0 Å². The number of ether oxygens (including phenoxy) is 3. The van der Waals surface area contributed by atoms with Crippen LogP contribution in [0.5, 0.6) is 11.5 Å². The van der Waals surface area contributed by atoms with Gasteiger partial charge in [0.15, 0.2) is 0 Å². The molecule has 0 atom stereocenters. The van der Waals surface area contributed by atoms with E-state index in [1.807, 2.05) is 0 Å². The Labute approximate surface area is 171 Å². The Kier molecular flexibility index (Phi) is 8.28. The number of benzene rings is 2. The Hall–Kier alpha value is -3.49. The minimum atomic E-state index is -4.75. The Morgan fingerprint density at radius 2 is 1.80 bits per heavy atom. The minimum absolute atomic E-state index is 0.0561. The number of hydrogen-bond donors (Lipinski definition) is 1. The topological polar surface area (TPSA) is 73.9 Å². The first-order valence-electron chi connectivity index (χ1n) is 8.94. The lowest BCUT2D eigenvalue weighted by Crippen LogP contribution is -2.29. The summed E-state index contributed by atoms with van der Waals surface area (Å²) in [7, 11) is 0. The van der Waals surface area contributed by atoms with Crippen molar-refractivity contribution in [2.24, 2.45) is 0 Å². The van der Waals surface area contributed by atoms with Gasteiger partial charge in [-0.3, -0.25) is 9.59 Å². The molecule has 0 spiro atoms. The molecule has 0 aliphatic carbocycles. The maximum atomic E-state index is 12.3. The zero-order chi connectivity index (χ0) is 22.0. The van der Waals surface area contributed by atoms with Crippen molar-refractivity contribution in [1.82, 2.24) is 5.32 Å². The summed E-state index contributed by atoms with van der Waals surface area (Å²) in [5.74, 6) is -0.771. The van der Waals surface area contributed by atoms with Crippen molar-refractivity contribution in [3.63, 3.8) is 0 Å². The number of hydrogen-bond acceptors (Lipinski definition) is 5. The average molecular weight is 423 g/mol. The van der Waals surface area contributed by atoms with Gasteiger partial charge in [0.25, 0.3) is 0 Å². The fourth-order valence-corrected chi connectivity index (χ4v) is 2.28. The molecule has 30 heavy (non-hydrogen) atoms. The van der Waals surface area contributed by atoms with E-state index in [1.165, 1.54) is 24.3 Å². The molecule has 2 aromatic rings. The SMILES string of the molecule is CCOC(=O)CNC(=O)/C=C/c1ccc(OCc2cccc(OC(F)(F)F)c2)cc1. The average Bonchev–Trinajstić information content (AvgIpc) is 2.69. The van der Waals surface area contributed by atoms with Gasteiger partial charge in [-0.25, -0.2) is 0 Å². The van der Waals surface area contributed by atoms with Crippen LogP contribution in [-0.4, -0.2) is 31.4 Å². The number of halogens is 3. The minimum Gasteiger partial charge on any atom is -0.489 e. The highest BCUT2D eigenvalue weighted by Gasteiger charge is 2.31. The van der Waals surface area contributed by atoms with Crippen LogP contribution in [0.2, 0.25) is 0 Å². The highest BCUT2D eigenvalue weighted by molar-refractivity contribution is 5.93. The van der Waals surface area contributed by atoms with Gasteiger partial charge >= 0.3 is 12.3 Å². The van der Waals surface area contributed by atoms with Gasteiger partial charge in [-0.2, -0.15) is 0 Å². The van der Waals surface area contributed by atoms with Crippen molar-refractivity contribution in [3.8, 4) is 11.5 Å². The van der Waals surface area contributed by atoms with Crippen molar-refractivity contribution in [1.29, 1.82) is 0 Å². The zero-order valence-electron chi connectivity index (χ0n) is 16.1. The predicted molar refractivity (Wildman–Crippen MR) is 103 cm³/mol. The van der Waals surface area contributed by atoms with Crippen molar-refractivity contribution in [3.05, 3.63) is 65.7 Å². The molecule has 0 radical (unpaired) electrons. The number of carbonyl (C=O) groups is 2. The molecule has 0 aliphatic heterocycles. The summed E-state index contributed by atoms with van der Waals surface area (Å²) in [5, 5.41) is 2.40. The van der Waals surface area contributed by atoms with E-state index >= 15 is 0 Å². The van der Waals surface area contributed by atoms with E-state index in [2.05, 4.69) is 10.1 Å². The molecule has 2 aromatic carbocycles. The third kappa shape index (κ3) is 8.68. The summed E-state index contributed by atoms with van der Waals surface area (Å²) >= 11 is 0. The van der Waals surface area contributed by atoms with Gasteiger partial charge in [0.05, 0.1) is 6.61 Å². The molecule has 0 aromatic heterocycles. The van der Waals surface area contributed by atoms with Crippen molar-refractivity contribution >= 4 is 18.0 Å². The fraction of sp³-hybridized carbons (Fsp3) is 0.238. The van der Waals surface area contributed by atoms with Crippen molar-refractivity contribution in [2.75, 3.05) is 13.2 Å². The summed E-state index contributed by atoms with van der Waals surface area (Å²) in [6, 6.07) is 12.2. The molecule has 160 valence electrons. The fourth-order valence-electron chi connectivity index (χ4n) is 2.28. The van der Waals surface area contributed by atoms with E-state index in [0.29, 0.717) is 16.9 Å². The number of esters is 1. The van der Waals surface area contributed by atoms with E-state index in [1.54, 1.807) is 43.3 Å². The largest absolute Gasteiger partial charge is 0.573 e. The molecule has 0 heterocycles. The smallest absolute Gasteiger partial charge is 0.489 e. The third-order valence-corrected chi connectivity index (χ3v) is 3.56. The molecule has 0 fully saturated rings. The monoisotopic (exact) mass is 423 g/mol. The highest BCUT2D eigenvalue weighted by atomic mass is 19.4. The molecule has 0 saturated heterocycles. The van der Waals surface area contributed by atoms with Gasteiger partial charge in [0, 0.05) is 6.08 Å². The van der Waals surface area contributed by atoms with Crippen molar-refractivity contribution < 1.29 is 37.0 Å². The summed E-state index contributed by atoms with van der Waals surface area (Å²) in [4.78, 5) is 22.8. The lowest BCUT2D eigenvalue weighted by molar-refractivity contribution is -0.274. The van der Waals surface area contributed by atoms with E-state index in [0.717, 1.165) is 0 Å². The number of carbonyl (C=O) groups excluding carboxylic acids is 2. The standard InChI is InChI=1S/C21H20F3NO5/c1-2-28-20(27)13-25-19(26)11-8-15-6-9-17(10-7-15)29-14-16-4-3-5-18(12-16)30-21(22,23)24/h3-12H,2,13-14H2,1H3,(H,25,26)/b11-8+. The molecule has 1 N–H and O–H groups in total. The van der Waals surface area contributed by atoms with Gasteiger partial charge in [0.1, 0.15) is 24.7 Å². The second-order valence-electron chi connectivity index (χ2n) is 5.91. The summed E-state index contributed by atoms with van der Waals surface area (Å²) < 4.78 is 51.0. The maximum absolute atomic E-state index is 12.3. The second kappa shape index (κ2) is 10.9. The first-order valence-corrected chi connectivity index (χ1v) is 8.94. The summed E-state index contributed by atoms with van der Waals surface area (Å²) in [6.45, 7) is 1.76. The Bertz CT molecular complexity index is 879. The molecule has 0 bridgehead atoms. The van der Waals surface area contributed by atoms with Crippen LogP contribution < -0.4 is 14.8 Å². The second-order valence-corrected chi connectivity index (χ2v) is 5.91. The molecule has 6 nitrogen and oxygen atoms in total. The zero-order valence-corrected chi connectivity index (χ0v) is 16.1. The van der Waals surface area contributed by atoms with Gasteiger partial charge in [0.2, 0.25) is 5.91 Å². The van der Waals surface area contributed by atoms with Crippen LogP contribution in [0.25, 0.3) is 6.08 Å². The Morgan fingerprint density at radius 1 is 1.07 bits per heavy atom. The van der Waals surface area contributed by atoms with Crippen LogP contribution in [0.15, 0.2) is 54.6 Å². The quantitative estimate of drug-likeness (QED) is 0.490. The van der Waals surface area contributed by atoms with Crippen LogP contribution in [0.3, 0.4) is 0 Å². The molecule has 0 unspecified atom stereocenters. The van der Waals surface area contributed by atoms with E-state index in [4.69, 9.17) is 9.47 Å². The van der Waals surface area contributed by atoms with Crippen LogP contribution in [0.1, 0.15) is 18.1 Å². The predicted octanol–water partition coefficient (Wildman–Crippen LogP) is 3.86. The lowest BCUT2D eigenvalue weighted by atomic mass is 10.2. The Morgan fingerprint density at radius 3 is 2.47 bits per heavy atom. The first kappa shape index (κ1) is 22.8. The lowest BCUT2D eigenvalue weighted by Gasteiger charge is -2.11. The van der Waals surface area contributed by atoms with Crippen LogP contribution in [0, 0.1) is 0 Å². The van der Waals surface area contributed by atoms with E-state index in [9.17, 15) is 22.8 Å². The number of nitrogens with one attached hydrogen (secondary N) is 1. The molecular weight excluding hydrogens is 403 g/mol. The summed E-state index contributed by atoms with van der Waals surface area (Å²) in [6.07, 6.45) is -1.91. The van der Waals surface area contributed by atoms with Gasteiger partial charge in [-0.15, -0.1) is 13.2 Å². The van der Waals surface area contributed by atoms with Crippen LogP contribution in [0.4, 0.5) is 13.2 Å². The molecule has 1 amide bonds. The van der Waals surface area contributed by atoms with E-state index in [-0.39, 0.29) is 25.5 Å². The van der Waals surface area contributed by atoms with Crippen molar-refractivity contribution in [2.45, 2.75) is 19.9 Å². The number of alkyl halides is 3. The maximum Gasteiger partial charge on any atom is 0.573 e. The highest BCUT2D eigenvalue weighted by Crippen LogP contribution is 2.24. The number of rotatable bonds is 9.